The van der Waals surface area contributed by atoms with E-state index in [4.69, 9.17) is 22.2 Å². The molecule has 5 N–H and O–H groups in total. The summed E-state index contributed by atoms with van der Waals surface area (Å²) in [5.74, 6) is 3.34. The molecule has 0 aromatic heterocycles. The molecule has 0 bridgehead atoms. The first kappa shape index (κ1) is 30.3. The molecule has 0 spiro atoms. The topological polar surface area (TPSA) is 163 Å². The van der Waals surface area contributed by atoms with E-state index in [1.54, 1.807) is 19.9 Å². The van der Waals surface area contributed by atoms with Crippen molar-refractivity contribution in [1.82, 2.24) is 10.2 Å². The summed E-state index contributed by atoms with van der Waals surface area (Å²) in [6.07, 6.45) is 0.680. The zero-order chi connectivity index (χ0) is 28.6. The van der Waals surface area contributed by atoms with Crippen molar-refractivity contribution in [3.8, 4) is 0 Å². The van der Waals surface area contributed by atoms with E-state index in [2.05, 4.69) is 20.3 Å². The summed E-state index contributed by atoms with van der Waals surface area (Å²) < 4.78 is 33.9. The van der Waals surface area contributed by atoms with E-state index in [1.165, 1.54) is 30.3 Å². The van der Waals surface area contributed by atoms with E-state index in [-0.39, 0.29) is 22.2 Å². The predicted molar refractivity (Wildman–Crippen MR) is 149 cm³/mol. The number of nitrogens with one attached hydrogen (secondary N) is 3. The molecule has 2 aromatic carbocycles. The third-order valence-electron chi connectivity index (χ3n) is 6.15. The molecule has 0 saturated carbocycles. The maximum atomic E-state index is 13.1. The molecule has 0 atom stereocenters. The maximum Gasteiger partial charge on any atom is 0.330 e. The Labute approximate surface area is 232 Å². The van der Waals surface area contributed by atoms with Crippen LogP contribution in [0.15, 0.2) is 41.3 Å². The van der Waals surface area contributed by atoms with Gasteiger partial charge in [-0.05, 0) is 68.3 Å². The first-order chi connectivity index (χ1) is 18.5. The number of sulfonamides is 1. The van der Waals surface area contributed by atoms with E-state index in [9.17, 15) is 22.8 Å². The van der Waals surface area contributed by atoms with Gasteiger partial charge in [-0.25, -0.2) is 19.3 Å². The van der Waals surface area contributed by atoms with Gasteiger partial charge in [0.25, 0.3) is 10.0 Å². The molecule has 12 nitrogen and oxygen atoms in total. The van der Waals surface area contributed by atoms with Gasteiger partial charge >= 0.3 is 11.8 Å². The van der Waals surface area contributed by atoms with Crippen LogP contribution >= 0.6 is 11.6 Å². The summed E-state index contributed by atoms with van der Waals surface area (Å²) in [7, 11) is -4.03. The van der Waals surface area contributed by atoms with Crippen molar-refractivity contribution in [3.63, 3.8) is 0 Å². The number of carbonyl (C=O) groups excluding carboxylic acids is 3. The Balaban J connectivity index is 1.59. The average molecular weight is 581 g/mol. The van der Waals surface area contributed by atoms with Crippen LogP contribution in [0.25, 0.3) is 0 Å². The fourth-order valence-electron chi connectivity index (χ4n) is 4.02. The van der Waals surface area contributed by atoms with Crippen molar-refractivity contribution in [2.24, 2.45) is 5.84 Å². The van der Waals surface area contributed by atoms with Crippen molar-refractivity contribution in [1.29, 1.82) is 0 Å². The van der Waals surface area contributed by atoms with Gasteiger partial charge in [-0.3, -0.25) is 24.0 Å². The van der Waals surface area contributed by atoms with E-state index in [0.717, 1.165) is 19.6 Å². The molecule has 0 aliphatic carbocycles. The molecule has 0 radical (unpaired) electrons. The van der Waals surface area contributed by atoms with Gasteiger partial charge in [-0.15, -0.1) is 11.6 Å². The summed E-state index contributed by atoms with van der Waals surface area (Å²) in [6.45, 7) is 7.50. The number of alkyl halides is 1. The second-order valence-electron chi connectivity index (χ2n) is 8.95. The number of nitrogens with two attached hydrogens (primary N) is 1. The van der Waals surface area contributed by atoms with Crippen LogP contribution in [0.4, 0.5) is 17.1 Å². The lowest BCUT2D eigenvalue weighted by Gasteiger charge is -2.26. The average Bonchev–Trinajstić information content (AvgIpc) is 2.92. The molecular weight excluding hydrogens is 548 g/mol. The van der Waals surface area contributed by atoms with Crippen LogP contribution in [0.3, 0.4) is 0 Å². The van der Waals surface area contributed by atoms with Crippen LogP contribution in [0.1, 0.15) is 17.5 Å². The zero-order valence-corrected chi connectivity index (χ0v) is 23.4. The number of nitrogens with zero attached hydrogens (tertiary/aromatic N) is 2. The number of aryl methyl sites for hydroxylation is 1. The number of rotatable bonds is 10. The molecule has 0 unspecified atom stereocenters. The van der Waals surface area contributed by atoms with E-state index in [1.807, 2.05) is 0 Å². The quantitative estimate of drug-likeness (QED) is 0.0816. The monoisotopic (exact) mass is 580 g/mol. The highest BCUT2D eigenvalue weighted by Gasteiger charge is 2.23. The summed E-state index contributed by atoms with van der Waals surface area (Å²) in [5, 5.41) is 5.89. The molecule has 1 aliphatic rings. The second kappa shape index (κ2) is 13.7. The molecule has 1 aliphatic heterocycles. The Kier molecular flexibility index (Phi) is 10.7. The number of amides is 3. The highest BCUT2D eigenvalue weighted by Crippen LogP contribution is 2.29. The van der Waals surface area contributed by atoms with Gasteiger partial charge in [0, 0.05) is 31.0 Å². The van der Waals surface area contributed by atoms with Gasteiger partial charge in [0.15, 0.2) is 0 Å². The summed E-state index contributed by atoms with van der Waals surface area (Å²) >= 11 is 5.57. The third kappa shape index (κ3) is 8.13. The van der Waals surface area contributed by atoms with Crippen molar-refractivity contribution in [2.75, 3.05) is 60.3 Å². The Morgan fingerprint density at radius 2 is 1.74 bits per heavy atom. The van der Waals surface area contributed by atoms with Crippen molar-refractivity contribution in [2.45, 2.75) is 25.2 Å². The van der Waals surface area contributed by atoms with Crippen LogP contribution in [-0.2, 0) is 29.1 Å². The number of hydrogen-bond donors (Lipinski definition) is 4. The van der Waals surface area contributed by atoms with Crippen LogP contribution < -0.4 is 26.2 Å². The van der Waals surface area contributed by atoms with E-state index >= 15 is 0 Å². The van der Waals surface area contributed by atoms with Gasteiger partial charge in [-0.2, -0.15) is 0 Å². The summed E-state index contributed by atoms with van der Waals surface area (Å²) in [6, 6.07) is 8.68. The molecule has 1 fully saturated rings. The number of anilines is 3. The minimum atomic E-state index is -4.03. The maximum absolute atomic E-state index is 13.1. The molecule has 212 valence electrons. The van der Waals surface area contributed by atoms with Gasteiger partial charge < -0.3 is 15.4 Å². The van der Waals surface area contributed by atoms with Crippen molar-refractivity contribution in [3.05, 3.63) is 47.5 Å². The molecule has 3 rings (SSSR count). The first-order valence-electron chi connectivity index (χ1n) is 12.3. The largest absolute Gasteiger partial charge is 0.379 e. The first-order valence-corrected chi connectivity index (χ1v) is 14.3. The normalized spacial score (nSPS) is 13.9. The number of morpholine rings is 1. The third-order valence-corrected chi connectivity index (χ3v) is 7.92. The highest BCUT2D eigenvalue weighted by molar-refractivity contribution is 7.92. The number of carbonyl (C=O) groups is 3. The zero-order valence-electron chi connectivity index (χ0n) is 21.8. The number of halogens is 1. The molecule has 14 heteroatoms. The lowest BCUT2D eigenvalue weighted by Crippen LogP contribution is -2.47. The molecule has 2 aromatic rings. The van der Waals surface area contributed by atoms with Gasteiger partial charge in [0.05, 0.1) is 23.8 Å². The Bertz CT molecular complexity index is 1300. The molecular formula is C25H33ClN6O6S. The summed E-state index contributed by atoms with van der Waals surface area (Å²) in [5.41, 5.74) is 1.81. The van der Waals surface area contributed by atoms with Crippen LogP contribution in [0.5, 0.6) is 0 Å². The van der Waals surface area contributed by atoms with Crippen LogP contribution in [0, 0.1) is 13.8 Å². The number of benzene rings is 2. The molecule has 39 heavy (non-hydrogen) atoms. The standard InChI is InChI=1S/C25H33ClN6O6S/c1-17-4-9-21(18(2)23(17)29-22(33)16-26)39(36,37)30-19-5-7-20(8-6-19)32(27)25(35)24(34)28-10-3-11-31-12-14-38-15-13-31/h4-9,30H,3,10-16,27H2,1-2H3,(H,28,34)(H,29,33). The minimum absolute atomic E-state index is 0.0250. The molecule has 3 amide bonds. The Hall–Kier alpha value is -3.23. The Morgan fingerprint density at radius 3 is 2.38 bits per heavy atom. The van der Waals surface area contributed by atoms with Crippen LogP contribution in [0.2, 0.25) is 0 Å². The second-order valence-corrected chi connectivity index (χ2v) is 10.9. The highest BCUT2D eigenvalue weighted by atomic mass is 35.5. The molecule has 1 saturated heterocycles. The van der Waals surface area contributed by atoms with Crippen molar-refractivity contribution < 1.29 is 27.5 Å². The summed E-state index contributed by atoms with van der Waals surface area (Å²) in [4.78, 5) is 38.7. The number of ether oxygens (including phenoxy) is 1. The van der Waals surface area contributed by atoms with Gasteiger partial charge in [0.2, 0.25) is 5.91 Å². The van der Waals surface area contributed by atoms with E-state index in [0.29, 0.717) is 48.0 Å². The lowest BCUT2D eigenvalue weighted by molar-refractivity contribution is -0.137. The SMILES string of the molecule is Cc1ccc(S(=O)(=O)Nc2ccc(N(N)C(=O)C(=O)NCCCN3CCOCC3)cc2)c(C)c1NC(=O)CCl. The van der Waals surface area contributed by atoms with Crippen molar-refractivity contribution >= 4 is 56.4 Å². The lowest BCUT2D eigenvalue weighted by atomic mass is 10.1. The fraction of sp³-hybridized carbons (Fsp3) is 0.400. The Morgan fingerprint density at radius 1 is 1.08 bits per heavy atom. The number of hydrazine groups is 1. The van der Waals surface area contributed by atoms with Gasteiger partial charge in [-0.1, -0.05) is 6.07 Å². The predicted octanol–water partition coefficient (Wildman–Crippen LogP) is 1.33. The van der Waals surface area contributed by atoms with Crippen LogP contribution in [-0.4, -0.2) is 76.3 Å². The smallest absolute Gasteiger partial charge is 0.330 e. The minimum Gasteiger partial charge on any atom is -0.379 e. The molecule has 1 heterocycles. The fourth-order valence-corrected chi connectivity index (χ4v) is 5.39. The van der Waals surface area contributed by atoms with E-state index < -0.39 is 27.7 Å². The number of hydrogen-bond acceptors (Lipinski definition) is 8. The van der Waals surface area contributed by atoms with Gasteiger partial charge in [0.1, 0.15) is 5.88 Å².